The summed E-state index contributed by atoms with van der Waals surface area (Å²) in [5, 5.41) is 2.16. The van der Waals surface area contributed by atoms with Crippen LogP contribution in [0.4, 0.5) is 13.2 Å². The monoisotopic (exact) mass is 250 g/mol. The second-order valence-electron chi connectivity index (χ2n) is 5.12. The van der Waals surface area contributed by atoms with E-state index in [1.54, 1.807) is 0 Å². The molecule has 0 aromatic carbocycles. The van der Waals surface area contributed by atoms with E-state index in [9.17, 15) is 18.0 Å². The molecule has 0 heterocycles. The first kappa shape index (κ1) is 12.7. The van der Waals surface area contributed by atoms with Gasteiger partial charge in [0.15, 0.2) is 0 Å². The molecule has 98 valence electrons. The summed E-state index contributed by atoms with van der Waals surface area (Å²) >= 11 is 0. The van der Waals surface area contributed by atoms with Gasteiger partial charge in [0.1, 0.15) is 5.54 Å². The smallest absolute Gasteiger partial charge is 0.342 e. The Hall–Kier alpha value is -0.780. The fraction of sp³-hybridized carbons (Fsp3) is 0.909. The molecule has 2 saturated carbocycles. The van der Waals surface area contributed by atoms with E-state index in [0.29, 0.717) is 6.42 Å². The van der Waals surface area contributed by atoms with Crippen LogP contribution in [0.1, 0.15) is 38.5 Å². The van der Waals surface area contributed by atoms with E-state index in [1.165, 1.54) is 0 Å². The quantitative estimate of drug-likeness (QED) is 0.784. The summed E-state index contributed by atoms with van der Waals surface area (Å²) in [7, 11) is 0. The largest absolute Gasteiger partial charge is 0.411 e. The van der Waals surface area contributed by atoms with Crippen LogP contribution in [0.25, 0.3) is 0 Å². The Morgan fingerprint density at radius 1 is 1.24 bits per heavy atom. The zero-order valence-electron chi connectivity index (χ0n) is 9.52. The number of carbonyl (C=O) groups excluding carboxylic acids is 1. The van der Waals surface area contributed by atoms with E-state index >= 15 is 0 Å². The van der Waals surface area contributed by atoms with Crippen molar-refractivity contribution in [2.24, 2.45) is 11.7 Å². The van der Waals surface area contributed by atoms with E-state index in [1.807, 2.05) is 0 Å². The molecule has 3 N–H and O–H groups in total. The Morgan fingerprint density at radius 2 is 1.82 bits per heavy atom. The molecule has 0 radical (unpaired) electrons. The summed E-state index contributed by atoms with van der Waals surface area (Å²) in [4.78, 5) is 11.8. The van der Waals surface area contributed by atoms with Crippen molar-refractivity contribution in [2.75, 3.05) is 0 Å². The van der Waals surface area contributed by atoms with E-state index in [-0.39, 0.29) is 18.9 Å². The van der Waals surface area contributed by atoms with Gasteiger partial charge < -0.3 is 11.1 Å². The Kier molecular flexibility index (Phi) is 3.10. The first-order valence-electron chi connectivity index (χ1n) is 6.00. The minimum Gasteiger partial charge on any atom is -0.342 e. The van der Waals surface area contributed by atoms with Crippen molar-refractivity contribution in [3.8, 4) is 0 Å². The van der Waals surface area contributed by atoms with Crippen molar-refractivity contribution in [1.29, 1.82) is 0 Å². The van der Waals surface area contributed by atoms with Crippen molar-refractivity contribution in [1.82, 2.24) is 5.32 Å². The molecule has 2 unspecified atom stereocenters. The van der Waals surface area contributed by atoms with Crippen LogP contribution in [0.3, 0.4) is 0 Å². The normalized spacial score (nSPS) is 32.0. The van der Waals surface area contributed by atoms with Crippen LogP contribution >= 0.6 is 0 Å². The molecular weight excluding hydrogens is 233 g/mol. The Bertz CT molecular complexity index is 312. The Balaban J connectivity index is 1.97. The Morgan fingerprint density at radius 3 is 2.29 bits per heavy atom. The molecule has 0 aromatic heterocycles. The number of hydrogen-bond donors (Lipinski definition) is 2. The third kappa shape index (κ3) is 2.41. The topological polar surface area (TPSA) is 55.1 Å². The van der Waals surface area contributed by atoms with Gasteiger partial charge in [-0.2, -0.15) is 13.2 Å². The SMILES string of the molecule is NC1CCCCC1C(=O)NC1(C(F)(F)F)CC1. The van der Waals surface area contributed by atoms with Gasteiger partial charge in [-0.15, -0.1) is 0 Å². The first-order chi connectivity index (χ1) is 7.86. The van der Waals surface area contributed by atoms with E-state index < -0.39 is 23.5 Å². The maximum atomic E-state index is 12.7. The fourth-order valence-electron chi connectivity index (χ4n) is 2.42. The third-order valence-corrected chi connectivity index (χ3v) is 3.81. The van der Waals surface area contributed by atoms with Gasteiger partial charge >= 0.3 is 6.18 Å². The summed E-state index contributed by atoms with van der Waals surface area (Å²) in [6.45, 7) is 0. The lowest BCUT2D eigenvalue weighted by Crippen LogP contribution is -2.53. The number of alkyl halides is 3. The molecule has 2 rings (SSSR count). The molecule has 2 aliphatic rings. The molecule has 17 heavy (non-hydrogen) atoms. The molecule has 1 amide bonds. The highest BCUT2D eigenvalue weighted by molar-refractivity contribution is 5.80. The van der Waals surface area contributed by atoms with Gasteiger partial charge in [0.25, 0.3) is 0 Å². The van der Waals surface area contributed by atoms with Gasteiger partial charge in [0.2, 0.25) is 5.91 Å². The molecule has 2 atom stereocenters. The summed E-state index contributed by atoms with van der Waals surface area (Å²) in [5.41, 5.74) is 3.83. The molecule has 0 bridgehead atoms. The van der Waals surface area contributed by atoms with Crippen LogP contribution in [0.15, 0.2) is 0 Å². The minimum absolute atomic E-state index is 0.00972. The number of rotatable bonds is 2. The average Bonchev–Trinajstić information content (AvgIpc) is 2.98. The van der Waals surface area contributed by atoms with E-state index in [4.69, 9.17) is 5.73 Å². The lowest BCUT2D eigenvalue weighted by atomic mass is 9.84. The minimum atomic E-state index is -4.35. The Labute approximate surface area is 97.9 Å². The zero-order valence-corrected chi connectivity index (χ0v) is 9.52. The fourth-order valence-corrected chi connectivity index (χ4v) is 2.42. The molecule has 0 aliphatic heterocycles. The average molecular weight is 250 g/mol. The highest BCUT2D eigenvalue weighted by Crippen LogP contribution is 2.49. The van der Waals surface area contributed by atoms with Crippen LogP contribution < -0.4 is 11.1 Å². The molecule has 3 nitrogen and oxygen atoms in total. The van der Waals surface area contributed by atoms with Crippen molar-refractivity contribution in [3.05, 3.63) is 0 Å². The predicted octanol–water partition coefficient (Wildman–Crippen LogP) is 1.71. The number of hydrogen-bond acceptors (Lipinski definition) is 2. The molecule has 6 heteroatoms. The van der Waals surface area contributed by atoms with E-state index in [0.717, 1.165) is 19.3 Å². The highest BCUT2D eigenvalue weighted by Gasteiger charge is 2.64. The van der Waals surface area contributed by atoms with Crippen LogP contribution in [-0.4, -0.2) is 23.7 Å². The number of carbonyl (C=O) groups is 1. The summed E-state index contributed by atoms with van der Waals surface area (Å²) in [6, 6.07) is -0.298. The van der Waals surface area contributed by atoms with Crippen LogP contribution in [0.2, 0.25) is 0 Å². The van der Waals surface area contributed by atoms with Crippen molar-refractivity contribution in [2.45, 2.75) is 56.3 Å². The maximum Gasteiger partial charge on any atom is 0.411 e. The molecule has 2 fully saturated rings. The number of halogens is 3. The molecular formula is C11H17F3N2O. The van der Waals surface area contributed by atoms with Gasteiger partial charge in [-0.05, 0) is 25.7 Å². The lowest BCUT2D eigenvalue weighted by molar-refractivity contribution is -0.171. The number of nitrogens with one attached hydrogen (secondary N) is 1. The first-order valence-corrected chi connectivity index (χ1v) is 6.00. The second kappa shape index (κ2) is 4.15. The highest BCUT2D eigenvalue weighted by atomic mass is 19.4. The van der Waals surface area contributed by atoms with Crippen LogP contribution in [0.5, 0.6) is 0 Å². The van der Waals surface area contributed by atoms with Crippen molar-refractivity contribution in [3.63, 3.8) is 0 Å². The van der Waals surface area contributed by atoms with Crippen LogP contribution in [0, 0.1) is 5.92 Å². The van der Waals surface area contributed by atoms with E-state index in [2.05, 4.69) is 5.32 Å². The van der Waals surface area contributed by atoms with Gasteiger partial charge in [0.05, 0.1) is 5.92 Å². The summed E-state index contributed by atoms with van der Waals surface area (Å²) in [5.74, 6) is -0.976. The van der Waals surface area contributed by atoms with Crippen molar-refractivity contribution < 1.29 is 18.0 Å². The van der Waals surface area contributed by atoms with Crippen molar-refractivity contribution >= 4 is 5.91 Å². The molecule has 0 aromatic rings. The lowest BCUT2D eigenvalue weighted by Gasteiger charge is -2.30. The second-order valence-corrected chi connectivity index (χ2v) is 5.12. The summed E-state index contributed by atoms with van der Waals surface area (Å²) in [6.07, 6.45) is -1.23. The standard InChI is InChI=1S/C11H17F3N2O/c12-11(13,14)10(5-6-10)16-9(17)7-3-1-2-4-8(7)15/h7-8H,1-6,15H2,(H,16,17). The van der Waals surface area contributed by atoms with Crippen LogP contribution in [-0.2, 0) is 4.79 Å². The molecule has 0 spiro atoms. The predicted molar refractivity (Wildman–Crippen MR) is 56.1 cm³/mol. The summed E-state index contributed by atoms with van der Waals surface area (Å²) < 4.78 is 38.0. The maximum absolute atomic E-state index is 12.7. The van der Waals surface area contributed by atoms with Gasteiger partial charge in [0, 0.05) is 6.04 Å². The molecule has 2 aliphatic carbocycles. The van der Waals surface area contributed by atoms with Gasteiger partial charge in [-0.3, -0.25) is 4.79 Å². The number of amides is 1. The van der Waals surface area contributed by atoms with Gasteiger partial charge in [-0.1, -0.05) is 12.8 Å². The molecule has 0 saturated heterocycles. The zero-order chi connectivity index (χ0) is 12.7. The van der Waals surface area contributed by atoms with Gasteiger partial charge in [-0.25, -0.2) is 0 Å². The number of nitrogens with two attached hydrogens (primary N) is 1. The third-order valence-electron chi connectivity index (χ3n) is 3.81.